The lowest BCUT2D eigenvalue weighted by Gasteiger charge is -2.18. The highest BCUT2D eigenvalue weighted by atomic mass is 19.3. The monoisotopic (exact) mass is 285 g/mol. The number of fused-ring (bicyclic) bond motifs is 1. The van der Waals surface area contributed by atoms with Crippen LogP contribution in [-0.4, -0.2) is 23.7 Å². The van der Waals surface area contributed by atoms with Crippen molar-refractivity contribution in [2.24, 2.45) is 5.92 Å². The predicted molar refractivity (Wildman–Crippen MR) is 73.3 cm³/mol. The lowest BCUT2D eigenvalue weighted by molar-refractivity contribution is -0.178. The van der Waals surface area contributed by atoms with E-state index in [0.29, 0.717) is 24.2 Å². The molecule has 1 aliphatic carbocycles. The van der Waals surface area contributed by atoms with E-state index in [9.17, 15) is 14.4 Å². The van der Waals surface area contributed by atoms with Crippen molar-refractivity contribution in [3.63, 3.8) is 0 Å². The highest BCUT2D eigenvalue weighted by molar-refractivity contribution is 5.89. The maximum atomic E-state index is 12.3. The van der Waals surface area contributed by atoms with Gasteiger partial charge in [-0.25, -0.2) is 9.74 Å². The molecule has 0 spiro atoms. The normalized spacial score (nSPS) is 32.5. The van der Waals surface area contributed by atoms with Crippen molar-refractivity contribution in [1.29, 1.82) is 0 Å². The van der Waals surface area contributed by atoms with Crippen molar-refractivity contribution in [2.45, 2.75) is 63.9 Å². The molecule has 20 heavy (non-hydrogen) atoms. The van der Waals surface area contributed by atoms with Gasteiger partial charge in [0.05, 0.1) is 11.7 Å². The van der Waals surface area contributed by atoms with Gasteiger partial charge >= 0.3 is 5.97 Å². The van der Waals surface area contributed by atoms with Crippen molar-refractivity contribution < 1.29 is 19.4 Å². The predicted octanol–water partition coefficient (Wildman–Crippen LogP) is 2.77. The van der Waals surface area contributed by atoms with Gasteiger partial charge in [-0.1, -0.05) is 38.5 Å². The van der Waals surface area contributed by atoms with Crippen molar-refractivity contribution in [3.8, 4) is 0 Å². The molecule has 2 atom stereocenters. The Morgan fingerprint density at radius 2 is 1.80 bits per heavy atom. The van der Waals surface area contributed by atoms with Gasteiger partial charge < -0.3 is 10.4 Å². The lowest BCUT2D eigenvalue weighted by atomic mass is 9.90. The van der Waals surface area contributed by atoms with E-state index in [1.807, 2.05) is 0 Å². The van der Waals surface area contributed by atoms with Crippen LogP contribution in [0.2, 0.25) is 0 Å². The van der Waals surface area contributed by atoms with Crippen LogP contribution in [-0.2, 0) is 9.74 Å². The van der Waals surface area contributed by atoms with Gasteiger partial charge in [-0.3, -0.25) is 0 Å². The Balaban J connectivity index is 2.20. The van der Waals surface area contributed by atoms with Crippen LogP contribution in [0.4, 0.5) is 4.53 Å². The molecular formula is C15H24FNO3. The zero-order valence-electron chi connectivity index (χ0n) is 11.9. The minimum Gasteiger partial charge on any atom is -0.391 e. The summed E-state index contributed by atoms with van der Waals surface area (Å²) in [7, 11) is 0. The first-order valence-electron chi connectivity index (χ1n) is 7.72. The van der Waals surface area contributed by atoms with Crippen LogP contribution < -0.4 is 5.32 Å². The second-order valence-electron chi connectivity index (χ2n) is 5.83. The van der Waals surface area contributed by atoms with Crippen LogP contribution in [0, 0.1) is 5.92 Å². The molecular weight excluding hydrogens is 261 g/mol. The van der Waals surface area contributed by atoms with Gasteiger partial charge in [-0.2, -0.15) is 0 Å². The third-order valence-electron chi connectivity index (χ3n) is 4.42. The van der Waals surface area contributed by atoms with Crippen LogP contribution in [0.15, 0.2) is 11.3 Å². The molecule has 1 heterocycles. The molecule has 1 saturated heterocycles. The third kappa shape index (κ3) is 3.72. The molecule has 0 aromatic heterocycles. The summed E-state index contributed by atoms with van der Waals surface area (Å²) in [5.41, 5.74) is 1.09. The molecule has 5 heteroatoms. The van der Waals surface area contributed by atoms with E-state index in [1.165, 1.54) is 12.8 Å². The number of nitrogens with one attached hydrogen (secondary N) is 1. The molecule has 2 rings (SSSR count). The molecule has 0 bridgehead atoms. The van der Waals surface area contributed by atoms with Gasteiger partial charge in [0, 0.05) is 22.7 Å². The Hall–Kier alpha value is -1.10. The number of aliphatic hydroxyl groups is 1. The number of halogens is 1. The number of aliphatic hydroxyl groups excluding tert-OH is 1. The summed E-state index contributed by atoms with van der Waals surface area (Å²) in [6.07, 6.45) is 8.56. The largest absolute Gasteiger partial charge is 0.391 e. The first kappa shape index (κ1) is 15.3. The molecule has 2 aliphatic rings. The van der Waals surface area contributed by atoms with Gasteiger partial charge in [0.1, 0.15) is 0 Å². The molecule has 2 unspecified atom stereocenters. The number of rotatable bonds is 1. The summed E-state index contributed by atoms with van der Waals surface area (Å²) in [6, 6.07) is 0. The standard InChI is InChI=1S/C15H24FNO3/c16-20-15(19)12-9-7-5-3-1-2-4-6-8-11-13(18)10-17-14(11)12/h11,13,17-18H,1-10H2/b14-12-. The molecule has 0 aromatic carbocycles. The molecule has 2 N–H and O–H groups in total. The minimum atomic E-state index is -0.899. The van der Waals surface area contributed by atoms with Crippen LogP contribution in [0.5, 0.6) is 0 Å². The van der Waals surface area contributed by atoms with Gasteiger partial charge in [0.15, 0.2) is 0 Å². The molecule has 0 amide bonds. The molecule has 0 radical (unpaired) electrons. The zero-order chi connectivity index (χ0) is 14.4. The van der Waals surface area contributed by atoms with E-state index < -0.39 is 12.1 Å². The quantitative estimate of drug-likeness (QED) is 0.778. The van der Waals surface area contributed by atoms with E-state index in [4.69, 9.17) is 0 Å². The summed E-state index contributed by atoms with van der Waals surface area (Å²) in [4.78, 5) is 15.1. The van der Waals surface area contributed by atoms with Gasteiger partial charge in [0.2, 0.25) is 0 Å². The highest BCUT2D eigenvalue weighted by Crippen LogP contribution is 2.31. The van der Waals surface area contributed by atoms with Crippen LogP contribution in [0.1, 0.15) is 57.8 Å². The first-order chi connectivity index (χ1) is 9.74. The molecule has 1 aliphatic heterocycles. The Bertz CT molecular complexity index is 370. The Morgan fingerprint density at radius 3 is 2.50 bits per heavy atom. The van der Waals surface area contributed by atoms with E-state index in [-0.39, 0.29) is 5.92 Å². The van der Waals surface area contributed by atoms with Crippen molar-refractivity contribution in [1.82, 2.24) is 5.32 Å². The number of carbonyl (C=O) groups is 1. The second-order valence-corrected chi connectivity index (χ2v) is 5.83. The van der Waals surface area contributed by atoms with Gasteiger partial charge in [-0.15, -0.1) is 0 Å². The van der Waals surface area contributed by atoms with Crippen LogP contribution >= 0.6 is 0 Å². The van der Waals surface area contributed by atoms with Crippen LogP contribution in [0.25, 0.3) is 0 Å². The van der Waals surface area contributed by atoms with E-state index in [2.05, 4.69) is 10.3 Å². The maximum Gasteiger partial charge on any atom is 0.377 e. The number of hydrogen-bond donors (Lipinski definition) is 2. The fourth-order valence-corrected chi connectivity index (χ4v) is 3.29. The first-order valence-corrected chi connectivity index (χ1v) is 7.72. The minimum absolute atomic E-state index is 0.0801. The fraction of sp³-hybridized carbons (Fsp3) is 0.800. The number of β-amino-alcohol motifs (C(OH)–C–C–N with tert-alkyl or cyclic N) is 1. The molecule has 114 valence electrons. The molecule has 1 fully saturated rings. The topological polar surface area (TPSA) is 58.6 Å². The van der Waals surface area contributed by atoms with E-state index in [0.717, 1.165) is 38.5 Å². The average molecular weight is 285 g/mol. The highest BCUT2D eigenvalue weighted by Gasteiger charge is 2.34. The Morgan fingerprint density at radius 1 is 1.15 bits per heavy atom. The average Bonchev–Trinajstić information content (AvgIpc) is 2.79. The van der Waals surface area contributed by atoms with Crippen molar-refractivity contribution >= 4 is 5.97 Å². The second kappa shape index (κ2) is 7.62. The Kier molecular flexibility index (Phi) is 5.83. The summed E-state index contributed by atoms with van der Waals surface area (Å²) < 4.78 is 12.3. The van der Waals surface area contributed by atoms with Crippen LogP contribution in [0.3, 0.4) is 0 Å². The molecule has 4 nitrogen and oxygen atoms in total. The smallest absolute Gasteiger partial charge is 0.377 e. The summed E-state index contributed by atoms with van der Waals surface area (Å²) in [6.45, 7) is 0.434. The maximum absolute atomic E-state index is 12.3. The van der Waals surface area contributed by atoms with Crippen molar-refractivity contribution in [2.75, 3.05) is 6.54 Å². The van der Waals surface area contributed by atoms with Crippen molar-refractivity contribution in [3.05, 3.63) is 11.3 Å². The summed E-state index contributed by atoms with van der Waals surface area (Å²) in [5, 5.41) is 13.1. The fourth-order valence-electron chi connectivity index (χ4n) is 3.29. The Labute approximate surface area is 119 Å². The van der Waals surface area contributed by atoms with E-state index >= 15 is 0 Å². The lowest BCUT2D eigenvalue weighted by Crippen LogP contribution is -2.19. The zero-order valence-corrected chi connectivity index (χ0v) is 11.9. The molecule has 0 aromatic rings. The number of hydrogen-bond acceptors (Lipinski definition) is 4. The summed E-state index contributed by atoms with van der Waals surface area (Å²) in [5.74, 6) is -0.979. The van der Waals surface area contributed by atoms with E-state index in [1.54, 1.807) is 0 Å². The van der Waals surface area contributed by atoms with Gasteiger partial charge in [0.25, 0.3) is 0 Å². The third-order valence-corrected chi connectivity index (χ3v) is 4.42. The summed E-state index contributed by atoms with van der Waals surface area (Å²) >= 11 is 0. The molecule has 0 saturated carbocycles. The SMILES string of the molecule is O=C(OF)/C1=C2\NCC(O)C2CCCCCCCCC1. The van der Waals surface area contributed by atoms with Gasteiger partial charge in [-0.05, 0) is 19.3 Å². The number of carbonyl (C=O) groups excluding carboxylic acids is 1.